The summed E-state index contributed by atoms with van der Waals surface area (Å²) in [4.78, 5) is 23.9. The van der Waals surface area contributed by atoms with Gasteiger partial charge in [0, 0.05) is 12.3 Å². The zero-order chi connectivity index (χ0) is 16.8. The first kappa shape index (κ1) is 21.2. The molecule has 0 bridgehead atoms. The Balaban J connectivity index is 0.00000288. The third-order valence-electron chi connectivity index (χ3n) is 4.98. The number of rotatable bonds is 6. The molecule has 1 saturated carbocycles. The van der Waals surface area contributed by atoms with Gasteiger partial charge in [0.15, 0.2) is 0 Å². The molecule has 0 aromatic heterocycles. The molecule has 1 fully saturated rings. The summed E-state index contributed by atoms with van der Waals surface area (Å²) in [7, 11) is 0. The summed E-state index contributed by atoms with van der Waals surface area (Å²) in [6.07, 6.45) is 4.18. The number of amides is 1. The SMILES string of the molecule is CC(C)[C@H]1CC[C@H](C(=O)N[C@H](Cc2ccccc2)C(=O)O)CC1.[NaH]. The third-order valence-corrected chi connectivity index (χ3v) is 4.98. The van der Waals surface area contributed by atoms with Gasteiger partial charge in [-0.05, 0) is 43.1 Å². The topological polar surface area (TPSA) is 66.4 Å². The van der Waals surface area contributed by atoms with Crippen molar-refractivity contribution in [3.05, 3.63) is 35.9 Å². The van der Waals surface area contributed by atoms with Crippen LogP contribution in [0.2, 0.25) is 0 Å². The summed E-state index contributed by atoms with van der Waals surface area (Å²) >= 11 is 0. The predicted octanol–water partition coefficient (Wildman–Crippen LogP) is 2.61. The molecular weight excluding hydrogens is 313 g/mol. The quantitative estimate of drug-likeness (QED) is 0.782. The summed E-state index contributed by atoms with van der Waals surface area (Å²) < 4.78 is 0. The van der Waals surface area contributed by atoms with Crippen molar-refractivity contribution >= 4 is 41.4 Å². The van der Waals surface area contributed by atoms with Gasteiger partial charge in [0.25, 0.3) is 0 Å². The van der Waals surface area contributed by atoms with Crippen LogP contribution in [-0.2, 0) is 16.0 Å². The first-order valence-electron chi connectivity index (χ1n) is 8.54. The molecule has 2 rings (SSSR count). The maximum absolute atomic E-state index is 12.4. The summed E-state index contributed by atoms with van der Waals surface area (Å²) in [5, 5.41) is 12.1. The molecule has 0 spiro atoms. The molecule has 1 aliphatic carbocycles. The van der Waals surface area contributed by atoms with Gasteiger partial charge < -0.3 is 10.4 Å². The summed E-state index contributed by atoms with van der Waals surface area (Å²) in [6.45, 7) is 4.46. The minimum absolute atomic E-state index is 0. The Morgan fingerprint density at radius 1 is 1.12 bits per heavy atom. The average molecular weight is 341 g/mol. The van der Waals surface area contributed by atoms with Gasteiger partial charge in [-0.2, -0.15) is 0 Å². The van der Waals surface area contributed by atoms with Gasteiger partial charge in [0.1, 0.15) is 6.04 Å². The van der Waals surface area contributed by atoms with Crippen molar-refractivity contribution in [2.75, 3.05) is 0 Å². The zero-order valence-corrected chi connectivity index (χ0v) is 14.0. The van der Waals surface area contributed by atoms with E-state index < -0.39 is 12.0 Å². The van der Waals surface area contributed by atoms with Gasteiger partial charge in [0.05, 0.1) is 0 Å². The van der Waals surface area contributed by atoms with Gasteiger partial charge in [-0.3, -0.25) is 4.79 Å². The Bertz CT molecular complexity index is 525. The first-order valence-corrected chi connectivity index (χ1v) is 8.54. The van der Waals surface area contributed by atoms with E-state index >= 15 is 0 Å². The van der Waals surface area contributed by atoms with Crippen LogP contribution in [0.1, 0.15) is 45.1 Å². The van der Waals surface area contributed by atoms with E-state index in [9.17, 15) is 14.7 Å². The summed E-state index contributed by atoms with van der Waals surface area (Å²) in [5.74, 6) is 0.235. The van der Waals surface area contributed by atoms with E-state index in [2.05, 4.69) is 19.2 Å². The van der Waals surface area contributed by atoms with Crippen LogP contribution in [0.4, 0.5) is 0 Å². The van der Waals surface area contributed by atoms with Crippen molar-refractivity contribution < 1.29 is 14.7 Å². The van der Waals surface area contributed by atoms with E-state index in [1.165, 1.54) is 0 Å². The number of hydrogen-bond acceptors (Lipinski definition) is 2. The second-order valence-electron chi connectivity index (χ2n) is 6.94. The number of carbonyl (C=O) groups is 2. The van der Waals surface area contributed by atoms with Crippen LogP contribution in [0.15, 0.2) is 30.3 Å². The molecule has 1 aliphatic rings. The molecule has 24 heavy (non-hydrogen) atoms. The Morgan fingerprint density at radius 3 is 2.21 bits per heavy atom. The standard InChI is InChI=1S/C19H27NO3.Na.H/c1-13(2)15-8-10-16(11-9-15)18(21)20-17(19(22)23)12-14-6-4-3-5-7-14;;/h3-7,13,15-17H,8-12H2,1-2H3,(H,20,21)(H,22,23);;/t15-,16-,17-;;/m1../s1. The van der Waals surface area contributed by atoms with Crippen molar-refractivity contribution in [3.8, 4) is 0 Å². The normalized spacial score (nSPS) is 21.6. The Morgan fingerprint density at radius 2 is 1.71 bits per heavy atom. The van der Waals surface area contributed by atoms with Crippen molar-refractivity contribution in [3.63, 3.8) is 0 Å². The molecule has 0 saturated heterocycles. The van der Waals surface area contributed by atoms with E-state index in [4.69, 9.17) is 0 Å². The molecule has 0 radical (unpaired) electrons. The van der Waals surface area contributed by atoms with Crippen LogP contribution in [0.25, 0.3) is 0 Å². The Kier molecular flexibility index (Phi) is 9.03. The van der Waals surface area contributed by atoms with Crippen LogP contribution in [0.5, 0.6) is 0 Å². The molecule has 2 N–H and O–H groups in total. The number of benzene rings is 1. The number of carboxylic acids is 1. The number of nitrogens with one attached hydrogen (secondary N) is 1. The van der Waals surface area contributed by atoms with E-state index in [-0.39, 0.29) is 41.4 Å². The molecule has 5 heteroatoms. The zero-order valence-electron chi connectivity index (χ0n) is 14.0. The van der Waals surface area contributed by atoms with Crippen LogP contribution < -0.4 is 5.32 Å². The van der Waals surface area contributed by atoms with E-state index in [0.29, 0.717) is 18.3 Å². The summed E-state index contributed by atoms with van der Waals surface area (Å²) in [5.41, 5.74) is 0.920. The predicted molar refractivity (Wildman–Crippen MR) is 97.1 cm³/mol. The van der Waals surface area contributed by atoms with Crippen molar-refractivity contribution in [1.29, 1.82) is 0 Å². The minimum atomic E-state index is -0.974. The van der Waals surface area contributed by atoms with Crippen molar-refractivity contribution in [2.45, 2.75) is 52.0 Å². The average Bonchev–Trinajstić information content (AvgIpc) is 2.55. The van der Waals surface area contributed by atoms with Gasteiger partial charge in [-0.25, -0.2) is 4.79 Å². The van der Waals surface area contributed by atoms with Crippen LogP contribution in [-0.4, -0.2) is 52.6 Å². The van der Waals surface area contributed by atoms with Crippen LogP contribution >= 0.6 is 0 Å². The van der Waals surface area contributed by atoms with Gasteiger partial charge in [0.2, 0.25) is 5.91 Å². The Hall–Kier alpha value is -0.840. The van der Waals surface area contributed by atoms with Gasteiger partial charge in [-0.15, -0.1) is 0 Å². The summed E-state index contributed by atoms with van der Waals surface area (Å²) in [6, 6.07) is 8.57. The second-order valence-corrected chi connectivity index (χ2v) is 6.94. The van der Waals surface area contributed by atoms with E-state index in [1.807, 2.05) is 30.3 Å². The van der Waals surface area contributed by atoms with Gasteiger partial charge >= 0.3 is 35.5 Å². The number of carbonyl (C=O) groups excluding carboxylic acids is 1. The molecule has 1 aromatic carbocycles. The monoisotopic (exact) mass is 341 g/mol. The molecular formula is C19H28NNaO3. The third kappa shape index (κ3) is 6.23. The fraction of sp³-hybridized carbons (Fsp3) is 0.579. The second kappa shape index (κ2) is 10.2. The molecule has 128 valence electrons. The van der Waals surface area contributed by atoms with E-state index in [1.54, 1.807) is 0 Å². The maximum atomic E-state index is 12.4. The van der Waals surface area contributed by atoms with Crippen molar-refractivity contribution in [2.24, 2.45) is 17.8 Å². The van der Waals surface area contributed by atoms with Gasteiger partial charge in [-0.1, -0.05) is 44.2 Å². The van der Waals surface area contributed by atoms with Crippen molar-refractivity contribution in [1.82, 2.24) is 5.32 Å². The molecule has 0 unspecified atom stereocenters. The molecule has 1 amide bonds. The number of hydrogen-bond donors (Lipinski definition) is 2. The molecule has 0 aliphatic heterocycles. The fourth-order valence-corrected chi connectivity index (χ4v) is 3.39. The molecule has 1 atom stereocenters. The molecule has 0 heterocycles. The first-order chi connectivity index (χ1) is 11.0. The van der Waals surface area contributed by atoms with Crippen LogP contribution in [0, 0.1) is 17.8 Å². The van der Waals surface area contributed by atoms with Crippen LogP contribution in [0.3, 0.4) is 0 Å². The molecule has 1 aromatic rings. The Labute approximate surface area is 166 Å². The van der Waals surface area contributed by atoms with E-state index in [0.717, 1.165) is 31.2 Å². The number of aliphatic carboxylic acids is 1. The fourth-order valence-electron chi connectivity index (χ4n) is 3.39. The number of carboxylic acid groups (broad SMARTS) is 1. The molecule has 4 nitrogen and oxygen atoms in total.